The molecule has 1 aliphatic heterocycles. The first-order valence-electron chi connectivity index (χ1n) is 7.96. The summed E-state index contributed by atoms with van der Waals surface area (Å²) in [5.74, 6) is -0.0625. The largest absolute Gasteiger partial charge is 0.368 e. The zero-order chi connectivity index (χ0) is 16.5. The van der Waals surface area contributed by atoms with Gasteiger partial charge in [-0.05, 0) is 55.7 Å². The summed E-state index contributed by atoms with van der Waals surface area (Å²) in [6, 6.07) is 9.81. The fourth-order valence-corrected chi connectivity index (χ4v) is 3.73. The number of nitrogens with zero attached hydrogens (tertiary/aromatic N) is 2. The first-order valence-corrected chi connectivity index (χ1v) is 8.77. The van der Waals surface area contributed by atoms with Gasteiger partial charge in [-0.25, -0.2) is 9.97 Å². The molecule has 6 heteroatoms. The normalized spacial score (nSPS) is 17.3. The van der Waals surface area contributed by atoms with Gasteiger partial charge in [0.15, 0.2) is 0 Å². The molecule has 0 bridgehead atoms. The Morgan fingerprint density at radius 1 is 1.38 bits per heavy atom. The van der Waals surface area contributed by atoms with Crippen molar-refractivity contribution in [1.82, 2.24) is 9.97 Å². The number of nitrogens with one attached hydrogen (secondary N) is 1. The van der Waals surface area contributed by atoms with Crippen molar-refractivity contribution in [2.24, 2.45) is 0 Å². The van der Waals surface area contributed by atoms with Crippen LogP contribution in [0.5, 0.6) is 0 Å². The molecule has 3 aromatic rings. The van der Waals surface area contributed by atoms with Gasteiger partial charge in [-0.15, -0.1) is 0 Å². The maximum Gasteiger partial charge on any atom is 0.253 e. The third kappa shape index (κ3) is 2.90. The lowest BCUT2D eigenvalue weighted by molar-refractivity contribution is -0.124. The summed E-state index contributed by atoms with van der Waals surface area (Å²) in [5, 5.41) is 3.90. The molecule has 1 aromatic carbocycles. The van der Waals surface area contributed by atoms with Gasteiger partial charge in [0.2, 0.25) is 0 Å². The molecule has 1 atom stereocenters. The quantitative estimate of drug-likeness (QED) is 0.788. The third-order valence-electron chi connectivity index (χ3n) is 4.12. The van der Waals surface area contributed by atoms with Crippen LogP contribution >= 0.6 is 11.3 Å². The fraction of sp³-hybridized carbons (Fsp3) is 0.278. The van der Waals surface area contributed by atoms with E-state index in [-0.39, 0.29) is 12.0 Å². The highest BCUT2D eigenvalue weighted by Crippen LogP contribution is 2.31. The first kappa shape index (κ1) is 15.2. The van der Waals surface area contributed by atoms with E-state index in [9.17, 15) is 4.79 Å². The Labute approximate surface area is 143 Å². The molecule has 1 aliphatic rings. The second kappa shape index (κ2) is 6.30. The number of aryl methyl sites for hydroxylation is 1. The van der Waals surface area contributed by atoms with Crippen molar-refractivity contribution in [3.05, 3.63) is 42.1 Å². The SMILES string of the molecule is Cc1cc(-c2nc3cccnc3s2)ccc1NC(=O)[C@@H]1CCCO1. The molecule has 5 nitrogen and oxygen atoms in total. The van der Waals surface area contributed by atoms with E-state index in [4.69, 9.17) is 4.74 Å². The van der Waals surface area contributed by atoms with Crippen molar-refractivity contribution in [1.29, 1.82) is 0 Å². The van der Waals surface area contributed by atoms with E-state index in [0.29, 0.717) is 6.61 Å². The van der Waals surface area contributed by atoms with Gasteiger partial charge in [-0.2, -0.15) is 0 Å². The Hall–Kier alpha value is -2.31. The van der Waals surface area contributed by atoms with Gasteiger partial charge in [0.05, 0.1) is 0 Å². The smallest absolute Gasteiger partial charge is 0.253 e. The van der Waals surface area contributed by atoms with Gasteiger partial charge in [-0.1, -0.05) is 11.3 Å². The second-order valence-electron chi connectivity index (χ2n) is 5.87. The van der Waals surface area contributed by atoms with Crippen LogP contribution < -0.4 is 5.32 Å². The molecule has 0 radical (unpaired) electrons. The van der Waals surface area contributed by atoms with Crippen molar-refractivity contribution in [3.8, 4) is 10.6 Å². The zero-order valence-corrected chi connectivity index (χ0v) is 14.1. The highest BCUT2D eigenvalue weighted by molar-refractivity contribution is 7.21. The summed E-state index contributed by atoms with van der Waals surface area (Å²) >= 11 is 1.57. The van der Waals surface area contributed by atoms with Gasteiger partial charge in [0, 0.05) is 24.1 Å². The lowest BCUT2D eigenvalue weighted by Crippen LogP contribution is -2.27. The molecule has 4 rings (SSSR count). The molecular weight excluding hydrogens is 322 g/mol. The van der Waals surface area contributed by atoms with E-state index in [1.54, 1.807) is 17.5 Å². The minimum Gasteiger partial charge on any atom is -0.368 e. The topological polar surface area (TPSA) is 64.1 Å². The average molecular weight is 339 g/mol. The van der Waals surface area contributed by atoms with Crippen LogP contribution in [0.4, 0.5) is 5.69 Å². The van der Waals surface area contributed by atoms with Crippen molar-refractivity contribution in [2.45, 2.75) is 25.9 Å². The lowest BCUT2D eigenvalue weighted by atomic mass is 10.1. The number of anilines is 1. The zero-order valence-electron chi connectivity index (χ0n) is 13.3. The molecule has 1 saturated heterocycles. The Bertz CT molecular complexity index is 867. The third-order valence-corrected chi connectivity index (χ3v) is 5.15. The number of hydrogen-bond donors (Lipinski definition) is 1. The number of aromatic nitrogens is 2. The van der Waals surface area contributed by atoms with E-state index in [1.807, 2.05) is 37.3 Å². The molecule has 24 heavy (non-hydrogen) atoms. The molecule has 3 heterocycles. The highest BCUT2D eigenvalue weighted by Gasteiger charge is 2.23. The molecule has 0 aliphatic carbocycles. The second-order valence-corrected chi connectivity index (χ2v) is 6.84. The van der Waals surface area contributed by atoms with E-state index < -0.39 is 0 Å². The number of ether oxygens (including phenoxy) is 1. The predicted octanol–water partition coefficient (Wildman–Crippen LogP) is 3.78. The molecule has 1 N–H and O–H groups in total. The number of benzene rings is 1. The summed E-state index contributed by atoms with van der Waals surface area (Å²) in [6.07, 6.45) is 3.20. The number of carbonyl (C=O) groups is 1. The molecular formula is C18H17N3O2S. The Balaban J connectivity index is 1.58. The fourth-order valence-electron chi connectivity index (χ4n) is 2.83. The molecule has 0 unspecified atom stereocenters. The number of amides is 1. The number of carbonyl (C=O) groups excluding carboxylic acids is 1. The molecule has 1 fully saturated rings. The van der Waals surface area contributed by atoms with Crippen LogP contribution in [-0.2, 0) is 9.53 Å². The van der Waals surface area contributed by atoms with Crippen LogP contribution in [0.2, 0.25) is 0 Å². The Morgan fingerprint density at radius 2 is 2.29 bits per heavy atom. The van der Waals surface area contributed by atoms with Gasteiger partial charge in [0.25, 0.3) is 5.91 Å². The van der Waals surface area contributed by atoms with E-state index in [0.717, 1.165) is 45.0 Å². The summed E-state index contributed by atoms with van der Waals surface area (Å²) in [5.41, 5.74) is 3.76. The van der Waals surface area contributed by atoms with Gasteiger partial charge in [0.1, 0.15) is 21.5 Å². The van der Waals surface area contributed by atoms with E-state index in [1.165, 1.54) is 0 Å². The lowest BCUT2D eigenvalue weighted by Gasteiger charge is -2.13. The Morgan fingerprint density at radius 3 is 3.04 bits per heavy atom. The maximum absolute atomic E-state index is 12.2. The standard InChI is InChI=1S/C18H17N3O2S/c1-11-10-12(17-21-14-4-2-8-19-18(14)24-17)6-7-13(11)20-16(22)15-5-3-9-23-15/h2,4,6-8,10,15H,3,5,9H2,1H3,(H,20,22)/t15-/m0/s1. The van der Waals surface area contributed by atoms with Gasteiger partial charge < -0.3 is 10.1 Å². The Kier molecular flexibility index (Phi) is 4.00. The number of rotatable bonds is 3. The number of pyridine rings is 1. The van der Waals surface area contributed by atoms with E-state index >= 15 is 0 Å². The van der Waals surface area contributed by atoms with Crippen LogP contribution in [-0.4, -0.2) is 28.6 Å². The first-order chi connectivity index (χ1) is 11.7. The number of fused-ring (bicyclic) bond motifs is 1. The van der Waals surface area contributed by atoms with Crippen LogP contribution in [0.3, 0.4) is 0 Å². The van der Waals surface area contributed by atoms with Crippen molar-refractivity contribution in [3.63, 3.8) is 0 Å². The summed E-state index contributed by atoms with van der Waals surface area (Å²) < 4.78 is 5.43. The summed E-state index contributed by atoms with van der Waals surface area (Å²) in [4.78, 5) is 22.1. The minimum absolute atomic E-state index is 0.0625. The maximum atomic E-state index is 12.2. The van der Waals surface area contributed by atoms with Crippen molar-refractivity contribution in [2.75, 3.05) is 11.9 Å². The van der Waals surface area contributed by atoms with Crippen molar-refractivity contribution < 1.29 is 9.53 Å². The van der Waals surface area contributed by atoms with Crippen LogP contribution in [0.1, 0.15) is 18.4 Å². The number of thiazole rings is 1. The molecule has 0 saturated carbocycles. The summed E-state index contributed by atoms with van der Waals surface area (Å²) in [7, 11) is 0. The van der Waals surface area contributed by atoms with Crippen molar-refractivity contribution >= 4 is 33.3 Å². The average Bonchev–Trinajstić information content (AvgIpc) is 3.26. The van der Waals surface area contributed by atoms with Gasteiger partial charge >= 0.3 is 0 Å². The van der Waals surface area contributed by atoms with Gasteiger partial charge in [-0.3, -0.25) is 4.79 Å². The monoisotopic (exact) mass is 339 g/mol. The molecule has 0 spiro atoms. The minimum atomic E-state index is -0.320. The number of hydrogen-bond acceptors (Lipinski definition) is 5. The van der Waals surface area contributed by atoms with E-state index in [2.05, 4.69) is 15.3 Å². The molecule has 1 amide bonds. The molecule has 122 valence electrons. The predicted molar refractivity (Wildman–Crippen MR) is 95.2 cm³/mol. The molecule has 2 aromatic heterocycles. The van der Waals surface area contributed by atoms with Crippen LogP contribution in [0, 0.1) is 6.92 Å². The van der Waals surface area contributed by atoms with Crippen LogP contribution in [0.25, 0.3) is 20.9 Å². The van der Waals surface area contributed by atoms with Crippen LogP contribution in [0.15, 0.2) is 36.5 Å². The highest BCUT2D eigenvalue weighted by atomic mass is 32.1. The summed E-state index contributed by atoms with van der Waals surface area (Å²) in [6.45, 7) is 2.65.